The number of hydrogen-bond acceptors (Lipinski definition) is 5. The molecule has 0 N–H and O–H groups in total. The lowest BCUT2D eigenvalue weighted by molar-refractivity contribution is -0.158. The van der Waals surface area contributed by atoms with E-state index in [1.165, 1.54) is 5.56 Å². The van der Waals surface area contributed by atoms with Crippen LogP contribution in [0.4, 0.5) is 10.5 Å². The molecule has 0 aliphatic heterocycles. The molecule has 3 amide bonds. The van der Waals surface area contributed by atoms with E-state index in [1.54, 1.807) is 25.7 Å². The number of aryl methyl sites for hydroxylation is 2. The quantitative estimate of drug-likeness (QED) is 0.318. The molecule has 0 atom stereocenters. The normalized spacial score (nSPS) is 11.2. The fraction of sp³-hybridized carbons (Fsp3) is 0.464. The van der Waals surface area contributed by atoms with Gasteiger partial charge in [-0.15, -0.1) is 0 Å². The van der Waals surface area contributed by atoms with Crippen molar-refractivity contribution in [1.29, 1.82) is 0 Å². The number of carbonyl (C=O) groups is 3. The Balaban J connectivity index is 2.24. The molecule has 0 saturated carbocycles. The van der Waals surface area contributed by atoms with Crippen LogP contribution in [0.25, 0.3) is 0 Å². The first-order valence-corrected chi connectivity index (χ1v) is 12.0. The number of rotatable bonds is 10. The molecule has 0 bridgehead atoms. The van der Waals surface area contributed by atoms with E-state index in [0.717, 1.165) is 27.3 Å². The third-order valence-electron chi connectivity index (χ3n) is 5.79. The summed E-state index contributed by atoms with van der Waals surface area (Å²) < 4.78 is 11.1. The van der Waals surface area contributed by atoms with E-state index in [1.807, 2.05) is 57.2 Å². The molecular formula is C28H38N2O5. The Morgan fingerprint density at radius 3 is 2.06 bits per heavy atom. The Morgan fingerprint density at radius 1 is 1.03 bits per heavy atom. The highest BCUT2D eigenvalue weighted by Gasteiger charge is 2.32. The van der Waals surface area contributed by atoms with Gasteiger partial charge in [0.1, 0.15) is 5.75 Å². The van der Waals surface area contributed by atoms with E-state index in [2.05, 4.69) is 13.8 Å². The van der Waals surface area contributed by atoms with Gasteiger partial charge in [0.05, 0.1) is 13.2 Å². The standard InChI is InChI=1S/C28H38N2O5/c1-9-30(24-13-11-23(12-14-24)19(3)4)27(33)29(18-31)17-22-15-20(5)25(21(6)16-22)35-28(7,8)26(32)34-10-2/h11-16,18-19H,9-10,17H2,1-8H3. The Bertz CT molecular complexity index is 1020. The molecule has 0 spiro atoms. The maximum absolute atomic E-state index is 13.2. The summed E-state index contributed by atoms with van der Waals surface area (Å²) >= 11 is 0. The highest BCUT2D eigenvalue weighted by molar-refractivity contribution is 5.97. The number of carbonyl (C=O) groups excluding carboxylic acids is 3. The van der Waals surface area contributed by atoms with Crippen molar-refractivity contribution >= 4 is 24.1 Å². The van der Waals surface area contributed by atoms with E-state index in [9.17, 15) is 14.4 Å². The summed E-state index contributed by atoms with van der Waals surface area (Å²) in [6, 6.07) is 11.2. The Labute approximate surface area is 209 Å². The van der Waals surface area contributed by atoms with Gasteiger partial charge in [0, 0.05) is 12.2 Å². The zero-order valence-corrected chi connectivity index (χ0v) is 22.2. The summed E-state index contributed by atoms with van der Waals surface area (Å²) in [5.74, 6) is 0.528. The van der Waals surface area contributed by atoms with Gasteiger partial charge in [0.25, 0.3) is 0 Å². The van der Waals surface area contributed by atoms with Gasteiger partial charge < -0.3 is 9.47 Å². The molecule has 0 aromatic heterocycles. The molecule has 2 aromatic carbocycles. The van der Waals surface area contributed by atoms with Crippen molar-refractivity contribution in [3.63, 3.8) is 0 Å². The minimum Gasteiger partial charge on any atom is -0.476 e. The molecule has 0 aliphatic rings. The van der Waals surface area contributed by atoms with Gasteiger partial charge in [-0.1, -0.05) is 38.1 Å². The molecule has 7 nitrogen and oxygen atoms in total. The molecule has 0 heterocycles. The smallest absolute Gasteiger partial charge is 0.349 e. The maximum atomic E-state index is 13.2. The predicted octanol–water partition coefficient (Wildman–Crippen LogP) is 5.75. The number of amides is 3. The van der Waals surface area contributed by atoms with Crippen LogP contribution in [-0.2, 0) is 20.9 Å². The molecule has 0 aliphatic carbocycles. The Kier molecular flexibility index (Phi) is 9.46. The number of ether oxygens (including phenoxy) is 2. The average Bonchev–Trinajstić information content (AvgIpc) is 2.80. The third kappa shape index (κ3) is 6.84. The van der Waals surface area contributed by atoms with Crippen LogP contribution in [0.1, 0.15) is 69.7 Å². The van der Waals surface area contributed by atoms with E-state index in [0.29, 0.717) is 24.6 Å². The lowest BCUT2D eigenvalue weighted by Crippen LogP contribution is -2.42. The van der Waals surface area contributed by atoms with Gasteiger partial charge in [-0.2, -0.15) is 0 Å². The second-order valence-corrected chi connectivity index (χ2v) is 9.40. The molecule has 0 unspecified atom stereocenters. The first kappa shape index (κ1) is 27.9. The van der Waals surface area contributed by atoms with Gasteiger partial charge in [-0.25, -0.2) is 9.59 Å². The number of esters is 1. The molecule has 35 heavy (non-hydrogen) atoms. The van der Waals surface area contributed by atoms with Crippen LogP contribution in [-0.4, -0.2) is 42.1 Å². The lowest BCUT2D eigenvalue weighted by atomic mass is 10.0. The molecule has 0 fully saturated rings. The molecular weight excluding hydrogens is 444 g/mol. The van der Waals surface area contributed by atoms with E-state index in [4.69, 9.17) is 9.47 Å². The van der Waals surface area contributed by atoms with Crippen LogP contribution in [0.5, 0.6) is 5.75 Å². The minimum atomic E-state index is -1.15. The second kappa shape index (κ2) is 11.9. The minimum absolute atomic E-state index is 0.117. The molecule has 7 heteroatoms. The maximum Gasteiger partial charge on any atom is 0.349 e. The molecule has 2 rings (SSSR count). The zero-order chi connectivity index (χ0) is 26.3. The largest absolute Gasteiger partial charge is 0.476 e. The first-order valence-electron chi connectivity index (χ1n) is 12.0. The van der Waals surface area contributed by atoms with E-state index in [-0.39, 0.29) is 19.2 Å². The SMILES string of the molecule is CCOC(=O)C(C)(C)Oc1c(C)cc(CN(C=O)C(=O)N(CC)c2ccc(C(C)C)cc2)cc1C. The predicted molar refractivity (Wildman–Crippen MR) is 138 cm³/mol. The van der Waals surface area contributed by atoms with Crippen molar-refractivity contribution in [1.82, 2.24) is 4.90 Å². The first-order chi connectivity index (χ1) is 16.4. The molecule has 0 saturated heterocycles. The summed E-state index contributed by atoms with van der Waals surface area (Å²) in [6.45, 7) is 15.7. The summed E-state index contributed by atoms with van der Waals surface area (Å²) in [4.78, 5) is 40.1. The summed E-state index contributed by atoms with van der Waals surface area (Å²) in [5.41, 5.74) is 3.16. The number of imide groups is 1. The Hall–Kier alpha value is -3.35. The molecule has 2 aromatic rings. The highest BCUT2D eigenvalue weighted by Crippen LogP contribution is 2.30. The topological polar surface area (TPSA) is 76.1 Å². The van der Waals surface area contributed by atoms with Gasteiger partial charge in [0.2, 0.25) is 6.41 Å². The van der Waals surface area contributed by atoms with Gasteiger partial charge in [0.15, 0.2) is 5.60 Å². The number of nitrogens with zero attached hydrogens (tertiary/aromatic N) is 2. The molecule has 0 radical (unpaired) electrons. The van der Waals surface area contributed by atoms with Crippen molar-refractivity contribution < 1.29 is 23.9 Å². The number of anilines is 1. The highest BCUT2D eigenvalue weighted by atomic mass is 16.6. The fourth-order valence-electron chi connectivity index (χ4n) is 3.86. The van der Waals surface area contributed by atoms with Crippen LogP contribution in [0.2, 0.25) is 0 Å². The van der Waals surface area contributed by atoms with E-state index >= 15 is 0 Å². The van der Waals surface area contributed by atoms with Crippen LogP contribution in [0.3, 0.4) is 0 Å². The molecule has 190 valence electrons. The summed E-state index contributed by atoms with van der Waals surface area (Å²) in [5, 5.41) is 0. The monoisotopic (exact) mass is 482 g/mol. The second-order valence-electron chi connectivity index (χ2n) is 9.40. The van der Waals surface area contributed by atoms with Crippen molar-refractivity contribution in [2.45, 2.75) is 73.5 Å². The Morgan fingerprint density at radius 2 is 1.60 bits per heavy atom. The fourth-order valence-corrected chi connectivity index (χ4v) is 3.86. The van der Waals surface area contributed by atoms with Gasteiger partial charge >= 0.3 is 12.0 Å². The van der Waals surface area contributed by atoms with Crippen molar-refractivity contribution in [3.05, 3.63) is 58.7 Å². The van der Waals surface area contributed by atoms with Crippen LogP contribution < -0.4 is 9.64 Å². The van der Waals surface area contributed by atoms with Gasteiger partial charge in [-0.05, 0) is 81.8 Å². The van der Waals surface area contributed by atoms with Crippen LogP contribution >= 0.6 is 0 Å². The third-order valence-corrected chi connectivity index (χ3v) is 5.79. The van der Waals surface area contributed by atoms with Gasteiger partial charge in [-0.3, -0.25) is 14.6 Å². The number of urea groups is 1. The lowest BCUT2D eigenvalue weighted by Gasteiger charge is -2.28. The summed E-state index contributed by atoms with van der Waals surface area (Å²) in [7, 11) is 0. The van der Waals surface area contributed by atoms with E-state index < -0.39 is 11.6 Å². The van der Waals surface area contributed by atoms with Crippen LogP contribution in [0, 0.1) is 13.8 Å². The summed E-state index contributed by atoms with van der Waals surface area (Å²) in [6.07, 6.45) is 0.562. The van der Waals surface area contributed by atoms with Crippen molar-refractivity contribution in [3.8, 4) is 5.75 Å². The van der Waals surface area contributed by atoms with Crippen LogP contribution in [0.15, 0.2) is 36.4 Å². The number of benzene rings is 2. The number of hydrogen-bond donors (Lipinski definition) is 0. The van der Waals surface area contributed by atoms with Crippen molar-refractivity contribution in [2.24, 2.45) is 0 Å². The van der Waals surface area contributed by atoms with Crippen molar-refractivity contribution in [2.75, 3.05) is 18.1 Å². The zero-order valence-electron chi connectivity index (χ0n) is 22.2. The average molecular weight is 483 g/mol.